The van der Waals surface area contributed by atoms with Crippen molar-refractivity contribution in [1.82, 2.24) is 15.1 Å². The molecule has 3 N–H and O–H groups in total. The number of anilines is 1. The molecule has 3 aromatic carbocycles. The summed E-state index contributed by atoms with van der Waals surface area (Å²) in [4.78, 5) is 56.2. The maximum absolute atomic E-state index is 14.1. The molecule has 9 heteroatoms. The molecular weight excluding hydrogens is 544 g/mol. The predicted molar refractivity (Wildman–Crippen MR) is 166 cm³/mol. The van der Waals surface area contributed by atoms with E-state index in [4.69, 9.17) is 0 Å². The molecule has 1 heterocycles. The van der Waals surface area contributed by atoms with Crippen LogP contribution in [0.3, 0.4) is 0 Å². The second kappa shape index (κ2) is 13.1. The van der Waals surface area contributed by atoms with Crippen LogP contribution in [0.2, 0.25) is 0 Å². The van der Waals surface area contributed by atoms with Crippen molar-refractivity contribution in [2.75, 3.05) is 18.4 Å². The quantitative estimate of drug-likeness (QED) is 0.332. The summed E-state index contributed by atoms with van der Waals surface area (Å²) < 4.78 is 0. The normalized spacial score (nSPS) is 15.9. The number of hydrogen-bond donors (Lipinski definition) is 3. The molecule has 0 bridgehead atoms. The topological polar surface area (TPSA) is 119 Å². The lowest BCUT2D eigenvalue weighted by atomic mass is 9.86. The Hall–Kier alpha value is -4.66. The second-order valence-corrected chi connectivity index (χ2v) is 12.1. The van der Waals surface area contributed by atoms with Crippen LogP contribution in [-0.2, 0) is 15.0 Å². The summed E-state index contributed by atoms with van der Waals surface area (Å²) in [5.74, 6) is -2.11. The van der Waals surface area contributed by atoms with Gasteiger partial charge < -0.3 is 20.6 Å². The highest BCUT2D eigenvalue weighted by Gasteiger charge is 2.41. The smallest absolute Gasteiger partial charge is 0.323 e. The number of amides is 4. The SMILES string of the molecule is Cc1cccc(NC(=O)N2CCCN(C(=O)c3ccc(C(C)(C)C)cc3)C2C(=O)NC(CC(=O)O)c2cccc(C)c2)c1. The fraction of sp³-hybridized carbons (Fsp3) is 0.353. The number of urea groups is 1. The molecule has 9 nitrogen and oxygen atoms in total. The third-order valence-corrected chi connectivity index (χ3v) is 7.55. The van der Waals surface area contributed by atoms with Gasteiger partial charge in [-0.05, 0) is 66.6 Å². The minimum atomic E-state index is -1.30. The highest BCUT2D eigenvalue weighted by molar-refractivity contribution is 6.00. The van der Waals surface area contributed by atoms with E-state index in [2.05, 4.69) is 31.4 Å². The Morgan fingerprint density at radius 3 is 2.12 bits per heavy atom. The number of carboxylic acid groups (broad SMARTS) is 1. The van der Waals surface area contributed by atoms with Gasteiger partial charge in [0.05, 0.1) is 12.5 Å². The first-order valence-electron chi connectivity index (χ1n) is 14.5. The van der Waals surface area contributed by atoms with E-state index in [1.807, 2.05) is 56.3 Å². The summed E-state index contributed by atoms with van der Waals surface area (Å²) in [6.07, 6.45) is -1.19. The zero-order valence-corrected chi connectivity index (χ0v) is 25.4. The van der Waals surface area contributed by atoms with Gasteiger partial charge in [-0.15, -0.1) is 0 Å². The van der Waals surface area contributed by atoms with E-state index in [1.165, 1.54) is 9.80 Å². The van der Waals surface area contributed by atoms with Gasteiger partial charge in [0.2, 0.25) is 0 Å². The number of carbonyl (C=O) groups excluding carboxylic acids is 3. The summed E-state index contributed by atoms with van der Waals surface area (Å²) in [5, 5.41) is 15.4. The first-order valence-corrected chi connectivity index (χ1v) is 14.5. The maximum Gasteiger partial charge on any atom is 0.323 e. The number of carbonyl (C=O) groups is 4. The van der Waals surface area contributed by atoms with E-state index in [0.717, 1.165) is 16.7 Å². The molecule has 4 rings (SSSR count). The Morgan fingerprint density at radius 1 is 0.884 bits per heavy atom. The van der Waals surface area contributed by atoms with Crippen molar-refractivity contribution in [3.05, 3.63) is 101 Å². The zero-order chi connectivity index (χ0) is 31.3. The highest BCUT2D eigenvalue weighted by Crippen LogP contribution is 2.26. The Balaban J connectivity index is 1.69. The van der Waals surface area contributed by atoms with Crippen LogP contribution >= 0.6 is 0 Å². The lowest BCUT2D eigenvalue weighted by Gasteiger charge is -2.43. The molecule has 3 aromatic rings. The molecule has 1 aliphatic heterocycles. The predicted octanol–water partition coefficient (Wildman–Crippen LogP) is 5.64. The van der Waals surface area contributed by atoms with Gasteiger partial charge in [-0.3, -0.25) is 19.3 Å². The van der Waals surface area contributed by atoms with E-state index in [9.17, 15) is 24.3 Å². The maximum atomic E-state index is 14.1. The number of carboxylic acids is 1. The fourth-order valence-electron chi connectivity index (χ4n) is 5.29. The van der Waals surface area contributed by atoms with Gasteiger partial charge in [0.25, 0.3) is 11.8 Å². The van der Waals surface area contributed by atoms with E-state index in [0.29, 0.717) is 23.2 Å². The summed E-state index contributed by atoms with van der Waals surface area (Å²) in [6, 6.07) is 20.4. The molecule has 2 atom stereocenters. The average molecular weight is 585 g/mol. The van der Waals surface area contributed by atoms with Gasteiger partial charge in [0, 0.05) is 24.3 Å². The molecule has 226 valence electrons. The van der Waals surface area contributed by atoms with Crippen molar-refractivity contribution in [2.24, 2.45) is 0 Å². The molecule has 1 fully saturated rings. The van der Waals surface area contributed by atoms with Crippen LogP contribution in [0.4, 0.5) is 10.5 Å². The van der Waals surface area contributed by atoms with Gasteiger partial charge in [0.15, 0.2) is 6.17 Å². The third kappa shape index (κ3) is 7.80. The molecule has 2 unspecified atom stereocenters. The Bertz CT molecular complexity index is 1500. The van der Waals surface area contributed by atoms with E-state index >= 15 is 0 Å². The number of nitrogens with one attached hydrogen (secondary N) is 2. The molecular formula is C34H40N4O5. The first-order chi connectivity index (χ1) is 20.3. The molecule has 43 heavy (non-hydrogen) atoms. The van der Waals surface area contributed by atoms with E-state index < -0.39 is 30.1 Å². The van der Waals surface area contributed by atoms with Gasteiger partial charge in [0.1, 0.15) is 0 Å². The van der Waals surface area contributed by atoms with Crippen molar-refractivity contribution in [3.63, 3.8) is 0 Å². The molecule has 0 aliphatic carbocycles. The molecule has 0 saturated carbocycles. The van der Waals surface area contributed by atoms with Crippen LogP contribution in [0.5, 0.6) is 0 Å². The molecule has 4 amide bonds. The van der Waals surface area contributed by atoms with Crippen LogP contribution in [0, 0.1) is 13.8 Å². The van der Waals surface area contributed by atoms with E-state index in [1.54, 1.807) is 30.3 Å². The largest absolute Gasteiger partial charge is 0.481 e. The van der Waals surface area contributed by atoms with Crippen LogP contribution in [0.25, 0.3) is 0 Å². The van der Waals surface area contributed by atoms with Crippen molar-refractivity contribution >= 4 is 29.5 Å². The van der Waals surface area contributed by atoms with Crippen molar-refractivity contribution in [2.45, 2.75) is 65.1 Å². The second-order valence-electron chi connectivity index (χ2n) is 12.1. The minimum absolute atomic E-state index is 0.102. The number of nitrogens with zero attached hydrogens (tertiary/aromatic N) is 2. The van der Waals surface area contributed by atoms with Crippen LogP contribution in [-0.4, -0.2) is 58.0 Å². The number of benzene rings is 3. The van der Waals surface area contributed by atoms with Gasteiger partial charge in [-0.1, -0.05) is 74.9 Å². The van der Waals surface area contributed by atoms with Crippen molar-refractivity contribution < 1.29 is 24.3 Å². The lowest BCUT2D eigenvalue weighted by Crippen LogP contribution is -2.64. The Labute approximate surface area is 252 Å². The molecule has 1 saturated heterocycles. The Kier molecular flexibility index (Phi) is 9.53. The summed E-state index contributed by atoms with van der Waals surface area (Å²) >= 11 is 0. The summed E-state index contributed by atoms with van der Waals surface area (Å²) in [7, 11) is 0. The van der Waals surface area contributed by atoms with Gasteiger partial charge in [-0.25, -0.2) is 4.79 Å². The monoisotopic (exact) mass is 584 g/mol. The van der Waals surface area contributed by atoms with Crippen molar-refractivity contribution in [3.8, 4) is 0 Å². The third-order valence-electron chi connectivity index (χ3n) is 7.55. The fourth-order valence-corrected chi connectivity index (χ4v) is 5.29. The lowest BCUT2D eigenvalue weighted by molar-refractivity contribution is -0.138. The number of rotatable bonds is 7. The van der Waals surface area contributed by atoms with E-state index in [-0.39, 0.29) is 30.8 Å². The zero-order valence-electron chi connectivity index (χ0n) is 25.4. The summed E-state index contributed by atoms with van der Waals surface area (Å²) in [6.45, 7) is 10.5. The van der Waals surface area contributed by atoms with Gasteiger partial charge in [-0.2, -0.15) is 0 Å². The van der Waals surface area contributed by atoms with Crippen LogP contribution in [0.15, 0.2) is 72.8 Å². The molecule has 0 aromatic heterocycles. The first kappa shape index (κ1) is 31.3. The van der Waals surface area contributed by atoms with Gasteiger partial charge >= 0.3 is 12.0 Å². The Morgan fingerprint density at radius 2 is 1.51 bits per heavy atom. The summed E-state index contributed by atoms with van der Waals surface area (Å²) in [5.41, 5.74) is 4.41. The average Bonchev–Trinajstić information content (AvgIpc) is 2.95. The highest BCUT2D eigenvalue weighted by atomic mass is 16.4. The standard InChI is InChI=1S/C34H40N4O5/c1-22-9-6-11-25(19-22)28(21-29(39)40)36-30(41)31-37(32(42)24-13-15-26(16-14-24)34(3,4)5)17-8-18-38(31)33(43)35-27-12-7-10-23(2)20-27/h6-7,9-16,19-20,28,31H,8,17-18,21H2,1-5H3,(H,35,43)(H,36,41)(H,39,40). The molecule has 0 spiro atoms. The van der Waals surface area contributed by atoms with Crippen LogP contribution < -0.4 is 10.6 Å². The minimum Gasteiger partial charge on any atom is -0.481 e. The number of aliphatic carboxylic acids is 1. The van der Waals surface area contributed by atoms with Crippen LogP contribution in [0.1, 0.15) is 72.3 Å². The molecule has 0 radical (unpaired) electrons. The number of aryl methyl sites for hydroxylation is 2. The number of hydrogen-bond acceptors (Lipinski definition) is 4. The molecule has 1 aliphatic rings. The van der Waals surface area contributed by atoms with Crippen molar-refractivity contribution in [1.29, 1.82) is 0 Å².